The van der Waals surface area contributed by atoms with Crippen LogP contribution in [0.25, 0.3) is 0 Å². The lowest BCUT2D eigenvalue weighted by Gasteiger charge is -2.27. The van der Waals surface area contributed by atoms with E-state index < -0.39 is 10.0 Å². The van der Waals surface area contributed by atoms with Crippen molar-refractivity contribution in [2.24, 2.45) is 0 Å². The van der Waals surface area contributed by atoms with Gasteiger partial charge in [-0.1, -0.05) is 0 Å². The van der Waals surface area contributed by atoms with Gasteiger partial charge in [0.1, 0.15) is 22.9 Å². The van der Waals surface area contributed by atoms with Crippen molar-refractivity contribution in [2.75, 3.05) is 49.6 Å². The van der Waals surface area contributed by atoms with Gasteiger partial charge in [-0.3, -0.25) is 5.10 Å². The van der Waals surface area contributed by atoms with Crippen molar-refractivity contribution in [3.63, 3.8) is 0 Å². The molecule has 0 atom stereocenters. The van der Waals surface area contributed by atoms with Gasteiger partial charge in [0.15, 0.2) is 0 Å². The quantitative estimate of drug-likeness (QED) is 0.574. The first-order valence-corrected chi connectivity index (χ1v) is 9.85. The third kappa shape index (κ3) is 4.29. The minimum Gasteiger partial charge on any atom is -0.378 e. The van der Waals surface area contributed by atoms with Crippen molar-refractivity contribution in [3.05, 3.63) is 23.8 Å². The van der Waals surface area contributed by atoms with Gasteiger partial charge in [0.2, 0.25) is 10.0 Å². The van der Waals surface area contributed by atoms with Gasteiger partial charge in [-0.2, -0.15) is 5.10 Å². The van der Waals surface area contributed by atoms with Gasteiger partial charge in [-0.15, -0.1) is 0 Å². The molecule has 142 valence electrons. The minimum absolute atomic E-state index is 0.203. The van der Waals surface area contributed by atoms with E-state index in [0.29, 0.717) is 37.0 Å². The second-order valence-electron chi connectivity index (χ2n) is 5.95. The minimum atomic E-state index is -3.60. The molecule has 1 aliphatic heterocycles. The van der Waals surface area contributed by atoms with Gasteiger partial charge in [0.25, 0.3) is 0 Å². The molecule has 2 aromatic rings. The van der Waals surface area contributed by atoms with Crippen LogP contribution in [0.15, 0.2) is 17.3 Å². The number of rotatable bonds is 7. The molecular formula is C15H23N7O3S. The SMILES string of the molecule is Cc1n[nH]c(C)c1S(=O)(=O)NCCNc1cc(N2CCOCC2)ncn1. The number of nitrogens with one attached hydrogen (secondary N) is 3. The average molecular weight is 381 g/mol. The van der Waals surface area contributed by atoms with Crippen LogP contribution in [-0.2, 0) is 14.8 Å². The van der Waals surface area contributed by atoms with Crippen LogP contribution in [0.4, 0.5) is 11.6 Å². The van der Waals surface area contributed by atoms with Crippen molar-refractivity contribution in [1.82, 2.24) is 24.9 Å². The lowest BCUT2D eigenvalue weighted by Crippen LogP contribution is -2.36. The van der Waals surface area contributed by atoms with Crippen LogP contribution in [0.1, 0.15) is 11.4 Å². The first-order chi connectivity index (χ1) is 12.5. The number of aryl methyl sites for hydroxylation is 2. The van der Waals surface area contributed by atoms with Gasteiger partial charge in [0.05, 0.1) is 24.6 Å². The number of nitrogens with zero attached hydrogens (tertiary/aromatic N) is 4. The van der Waals surface area contributed by atoms with Crippen LogP contribution < -0.4 is 14.9 Å². The zero-order valence-corrected chi connectivity index (χ0v) is 15.6. The highest BCUT2D eigenvalue weighted by Gasteiger charge is 2.21. The molecule has 0 unspecified atom stereocenters. The molecule has 10 nitrogen and oxygen atoms in total. The number of hydrogen-bond donors (Lipinski definition) is 3. The van der Waals surface area contributed by atoms with Crippen molar-refractivity contribution in [3.8, 4) is 0 Å². The molecule has 0 amide bonds. The second-order valence-corrected chi connectivity index (χ2v) is 7.65. The summed E-state index contributed by atoms with van der Waals surface area (Å²) in [5.41, 5.74) is 0.975. The smallest absolute Gasteiger partial charge is 0.244 e. The summed E-state index contributed by atoms with van der Waals surface area (Å²) in [6.07, 6.45) is 1.50. The molecule has 26 heavy (non-hydrogen) atoms. The van der Waals surface area contributed by atoms with Crippen molar-refractivity contribution in [1.29, 1.82) is 0 Å². The Labute approximate surface area is 152 Å². The summed E-state index contributed by atoms with van der Waals surface area (Å²) in [5.74, 6) is 1.48. The maximum atomic E-state index is 12.4. The summed E-state index contributed by atoms with van der Waals surface area (Å²) in [7, 11) is -3.60. The van der Waals surface area contributed by atoms with Crippen LogP contribution in [-0.4, -0.2) is 68.0 Å². The van der Waals surface area contributed by atoms with Gasteiger partial charge < -0.3 is 15.0 Å². The number of aromatic nitrogens is 4. The molecule has 3 rings (SSSR count). The Morgan fingerprint density at radius 1 is 1.23 bits per heavy atom. The maximum Gasteiger partial charge on any atom is 0.244 e. The van der Waals surface area contributed by atoms with Crippen molar-refractivity contribution in [2.45, 2.75) is 18.7 Å². The number of anilines is 2. The zero-order valence-electron chi connectivity index (χ0n) is 14.8. The Hall–Kier alpha value is -2.24. The van der Waals surface area contributed by atoms with E-state index in [0.717, 1.165) is 18.9 Å². The third-order valence-electron chi connectivity index (χ3n) is 4.04. The summed E-state index contributed by atoms with van der Waals surface area (Å²) in [4.78, 5) is 10.8. The number of H-pyrrole nitrogens is 1. The second kappa shape index (κ2) is 7.98. The molecule has 1 aliphatic rings. The first-order valence-electron chi connectivity index (χ1n) is 8.37. The van der Waals surface area contributed by atoms with Gasteiger partial charge in [0, 0.05) is 32.2 Å². The monoisotopic (exact) mass is 381 g/mol. The lowest BCUT2D eigenvalue weighted by molar-refractivity contribution is 0.122. The summed E-state index contributed by atoms with van der Waals surface area (Å²) in [6, 6.07) is 1.85. The molecule has 0 bridgehead atoms. The maximum absolute atomic E-state index is 12.4. The molecule has 2 aromatic heterocycles. The average Bonchev–Trinajstić information content (AvgIpc) is 2.99. The Balaban J connectivity index is 1.54. The molecule has 0 spiro atoms. The van der Waals surface area contributed by atoms with Crippen LogP contribution in [0.2, 0.25) is 0 Å². The van der Waals surface area contributed by atoms with Crippen LogP contribution in [0.3, 0.4) is 0 Å². The van der Waals surface area contributed by atoms with Crippen LogP contribution >= 0.6 is 0 Å². The van der Waals surface area contributed by atoms with E-state index in [4.69, 9.17) is 4.74 Å². The number of sulfonamides is 1. The molecule has 0 aromatic carbocycles. The van der Waals surface area contributed by atoms with Gasteiger partial charge in [-0.05, 0) is 13.8 Å². The van der Waals surface area contributed by atoms with Gasteiger partial charge >= 0.3 is 0 Å². The fourth-order valence-corrected chi connectivity index (χ4v) is 4.19. The van der Waals surface area contributed by atoms with E-state index in [2.05, 4.69) is 35.1 Å². The largest absolute Gasteiger partial charge is 0.378 e. The van der Waals surface area contributed by atoms with E-state index >= 15 is 0 Å². The summed E-state index contributed by atoms with van der Waals surface area (Å²) in [5, 5.41) is 9.72. The van der Waals surface area contributed by atoms with Crippen LogP contribution in [0.5, 0.6) is 0 Å². The predicted octanol–water partition coefficient (Wildman–Crippen LogP) is 0.0435. The first kappa shape index (κ1) is 18.5. The Bertz CT molecular complexity index is 827. The van der Waals surface area contributed by atoms with Crippen LogP contribution in [0, 0.1) is 13.8 Å². The molecule has 0 aliphatic carbocycles. The standard InChI is InChI=1S/C15H23N7O3S/c1-11-15(12(2)21-20-11)26(23,24)19-4-3-16-13-9-14(18-10-17-13)22-5-7-25-8-6-22/h9-10,19H,3-8H2,1-2H3,(H,20,21)(H,16,17,18). The molecule has 3 heterocycles. The summed E-state index contributed by atoms with van der Waals surface area (Å²) < 4.78 is 32.6. The van der Waals surface area contributed by atoms with E-state index in [1.165, 1.54) is 6.33 Å². The fraction of sp³-hybridized carbons (Fsp3) is 0.533. The normalized spacial score (nSPS) is 15.2. The van der Waals surface area contributed by atoms with E-state index in [1.54, 1.807) is 13.8 Å². The molecule has 0 radical (unpaired) electrons. The predicted molar refractivity (Wildman–Crippen MR) is 96.8 cm³/mol. The number of morpholine rings is 1. The Kier molecular flexibility index (Phi) is 5.69. The Morgan fingerprint density at radius 3 is 2.69 bits per heavy atom. The van der Waals surface area contributed by atoms with Crippen molar-refractivity contribution < 1.29 is 13.2 Å². The fourth-order valence-electron chi connectivity index (χ4n) is 2.79. The Morgan fingerprint density at radius 2 is 2.00 bits per heavy atom. The van der Waals surface area contributed by atoms with E-state index in [1.807, 2.05) is 6.07 Å². The molecule has 0 saturated carbocycles. The molecule has 11 heteroatoms. The highest BCUT2D eigenvalue weighted by atomic mass is 32.2. The number of hydrogen-bond acceptors (Lipinski definition) is 8. The highest BCUT2D eigenvalue weighted by Crippen LogP contribution is 2.16. The summed E-state index contributed by atoms with van der Waals surface area (Å²) in [6.45, 7) is 6.91. The number of aromatic amines is 1. The van der Waals surface area contributed by atoms with Crippen molar-refractivity contribution >= 4 is 21.7 Å². The molecule has 3 N–H and O–H groups in total. The lowest BCUT2D eigenvalue weighted by atomic mass is 10.4. The third-order valence-corrected chi connectivity index (χ3v) is 5.76. The molecular weight excluding hydrogens is 358 g/mol. The topological polar surface area (TPSA) is 125 Å². The molecule has 1 saturated heterocycles. The highest BCUT2D eigenvalue weighted by molar-refractivity contribution is 7.89. The van der Waals surface area contributed by atoms with Gasteiger partial charge in [-0.25, -0.2) is 23.1 Å². The zero-order chi connectivity index (χ0) is 18.6. The summed E-state index contributed by atoms with van der Waals surface area (Å²) >= 11 is 0. The van der Waals surface area contributed by atoms with E-state index in [9.17, 15) is 8.42 Å². The number of ether oxygens (including phenoxy) is 1. The molecule has 1 fully saturated rings. The van der Waals surface area contributed by atoms with E-state index in [-0.39, 0.29) is 11.4 Å².